The molecule has 1 saturated heterocycles. The third-order valence-corrected chi connectivity index (χ3v) is 7.03. The molecule has 7 nitrogen and oxygen atoms in total. The minimum Gasteiger partial charge on any atom is -0.393 e. The first-order valence-electron chi connectivity index (χ1n) is 10.0. The first-order chi connectivity index (χ1) is 14.4. The van der Waals surface area contributed by atoms with Gasteiger partial charge in [0.25, 0.3) is 5.91 Å². The number of aromatic nitrogens is 1. The van der Waals surface area contributed by atoms with Gasteiger partial charge in [0.1, 0.15) is 5.82 Å². The minimum atomic E-state index is -0.316. The number of piperidine rings is 1. The summed E-state index contributed by atoms with van der Waals surface area (Å²) >= 11 is 3.33. The van der Waals surface area contributed by atoms with E-state index in [2.05, 4.69) is 34.3 Å². The van der Waals surface area contributed by atoms with Gasteiger partial charge in [-0.1, -0.05) is 11.8 Å². The number of likely N-dealkylation sites (tertiary alicyclic amines) is 1. The van der Waals surface area contributed by atoms with Crippen LogP contribution < -0.4 is 10.6 Å². The van der Waals surface area contributed by atoms with Crippen LogP contribution in [0.1, 0.15) is 44.0 Å². The normalized spacial score (nSPS) is 24.6. The van der Waals surface area contributed by atoms with Crippen LogP contribution in [0.3, 0.4) is 0 Å². The van der Waals surface area contributed by atoms with E-state index in [1.807, 2.05) is 30.2 Å². The zero-order valence-electron chi connectivity index (χ0n) is 17.6. The SMILES string of the molecule is C=N/C(=C\SCNc1ccc(C(=O)N2CC[C@@H](O)C[C@H]2C)cn1)C1=C(C)NC(C)S1. The van der Waals surface area contributed by atoms with Crippen molar-refractivity contribution in [2.75, 3.05) is 17.7 Å². The summed E-state index contributed by atoms with van der Waals surface area (Å²) in [5, 5.41) is 18.7. The Morgan fingerprint density at radius 2 is 2.33 bits per heavy atom. The predicted molar refractivity (Wildman–Crippen MR) is 127 cm³/mol. The summed E-state index contributed by atoms with van der Waals surface area (Å²) in [5.41, 5.74) is 2.56. The van der Waals surface area contributed by atoms with Crippen molar-refractivity contribution >= 4 is 42.0 Å². The Morgan fingerprint density at radius 3 is 2.93 bits per heavy atom. The fraction of sp³-hybridized carbons (Fsp3) is 0.476. The van der Waals surface area contributed by atoms with E-state index in [-0.39, 0.29) is 18.1 Å². The zero-order chi connectivity index (χ0) is 21.7. The van der Waals surface area contributed by atoms with Crippen molar-refractivity contribution in [2.24, 2.45) is 4.99 Å². The van der Waals surface area contributed by atoms with E-state index < -0.39 is 0 Å². The quantitative estimate of drug-likeness (QED) is 0.334. The molecule has 1 unspecified atom stereocenters. The van der Waals surface area contributed by atoms with Crippen molar-refractivity contribution in [2.45, 2.75) is 51.1 Å². The molecule has 2 aliphatic rings. The Balaban J connectivity index is 1.52. The zero-order valence-corrected chi connectivity index (χ0v) is 19.2. The van der Waals surface area contributed by atoms with Gasteiger partial charge in [0.2, 0.25) is 0 Å². The number of aliphatic imine (C=N–C) groups is 1. The number of hydrogen-bond donors (Lipinski definition) is 3. The Morgan fingerprint density at radius 1 is 1.53 bits per heavy atom. The number of pyridine rings is 1. The highest BCUT2D eigenvalue weighted by atomic mass is 32.2. The van der Waals surface area contributed by atoms with Crippen LogP contribution in [0.25, 0.3) is 0 Å². The molecule has 1 aromatic rings. The second-order valence-corrected chi connectivity index (χ2v) is 9.67. The highest BCUT2D eigenvalue weighted by Crippen LogP contribution is 2.36. The lowest BCUT2D eigenvalue weighted by molar-refractivity contribution is 0.0364. The molecule has 0 radical (unpaired) electrons. The molecular weight excluding hydrogens is 418 g/mol. The first kappa shape index (κ1) is 22.7. The molecule has 3 N–H and O–H groups in total. The molecular formula is C21H29N5O2S2. The first-order valence-corrected chi connectivity index (χ1v) is 11.9. The molecule has 162 valence electrons. The minimum absolute atomic E-state index is 0.0323. The Bertz CT molecular complexity index is 840. The number of rotatable bonds is 7. The van der Waals surface area contributed by atoms with E-state index in [1.165, 1.54) is 0 Å². The number of nitrogens with one attached hydrogen (secondary N) is 2. The van der Waals surface area contributed by atoms with Gasteiger partial charge in [-0.25, -0.2) is 4.98 Å². The maximum atomic E-state index is 12.7. The van der Waals surface area contributed by atoms with Gasteiger partial charge in [-0.3, -0.25) is 9.79 Å². The van der Waals surface area contributed by atoms with E-state index in [9.17, 15) is 9.90 Å². The number of thioether (sulfide) groups is 2. The van der Waals surface area contributed by atoms with Gasteiger partial charge in [0, 0.05) is 24.5 Å². The average molecular weight is 448 g/mol. The van der Waals surface area contributed by atoms with Crippen molar-refractivity contribution in [1.29, 1.82) is 0 Å². The van der Waals surface area contributed by atoms with Crippen LogP contribution >= 0.6 is 23.5 Å². The molecule has 0 saturated carbocycles. The Kier molecular flexibility index (Phi) is 7.85. The van der Waals surface area contributed by atoms with Crippen LogP contribution in [-0.4, -0.2) is 57.6 Å². The maximum Gasteiger partial charge on any atom is 0.255 e. The molecule has 9 heteroatoms. The number of allylic oxidation sites excluding steroid dienone is 1. The fourth-order valence-corrected chi connectivity index (χ4v) is 5.36. The molecule has 30 heavy (non-hydrogen) atoms. The Labute approximate surface area is 186 Å². The van der Waals surface area contributed by atoms with Gasteiger partial charge in [-0.2, -0.15) is 0 Å². The van der Waals surface area contributed by atoms with Crippen molar-refractivity contribution < 1.29 is 9.90 Å². The summed E-state index contributed by atoms with van der Waals surface area (Å²) in [6.45, 7) is 10.4. The van der Waals surface area contributed by atoms with E-state index in [0.717, 1.165) is 16.3 Å². The number of carbonyl (C=O) groups is 1. The van der Waals surface area contributed by atoms with Gasteiger partial charge >= 0.3 is 0 Å². The van der Waals surface area contributed by atoms with E-state index >= 15 is 0 Å². The topological polar surface area (TPSA) is 89.9 Å². The van der Waals surface area contributed by atoms with Gasteiger partial charge in [0.15, 0.2) is 0 Å². The van der Waals surface area contributed by atoms with Crippen molar-refractivity contribution in [3.63, 3.8) is 0 Å². The molecule has 0 aliphatic carbocycles. The van der Waals surface area contributed by atoms with Crippen LogP contribution in [0.2, 0.25) is 0 Å². The summed E-state index contributed by atoms with van der Waals surface area (Å²) in [4.78, 5) is 24.2. The van der Waals surface area contributed by atoms with Crippen molar-refractivity contribution in [3.05, 3.63) is 45.6 Å². The Hall–Kier alpha value is -1.97. The van der Waals surface area contributed by atoms with Gasteiger partial charge in [-0.15, -0.1) is 11.8 Å². The standard InChI is InChI=1S/C21H29N5O2S2/c1-13-9-17(27)7-8-26(13)21(28)16-5-6-19(23-10-16)24-12-29-11-18(22-4)20-14(2)25-15(3)30-20/h5-6,10-11,13,15,17,25,27H,4,7-9,12H2,1-3H3,(H,23,24)/b18-11-/t13-,15?,17-/m1/s1. The summed E-state index contributed by atoms with van der Waals surface area (Å²) < 4.78 is 0. The lowest BCUT2D eigenvalue weighted by atomic mass is 10.00. The molecule has 3 atom stereocenters. The third-order valence-electron chi connectivity index (χ3n) is 5.11. The highest BCUT2D eigenvalue weighted by Gasteiger charge is 2.28. The number of aliphatic hydroxyl groups excluding tert-OH is 1. The summed E-state index contributed by atoms with van der Waals surface area (Å²) in [6, 6.07) is 3.65. The molecule has 3 rings (SSSR count). The maximum absolute atomic E-state index is 12.7. The number of amides is 1. The van der Waals surface area contributed by atoms with Crippen LogP contribution in [0, 0.1) is 0 Å². The lowest BCUT2D eigenvalue weighted by Gasteiger charge is -2.35. The van der Waals surface area contributed by atoms with Gasteiger partial charge in [-0.05, 0) is 57.9 Å². The van der Waals surface area contributed by atoms with Gasteiger partial charge in [0.05, 0.1) is 33.5 Å². The average Bonchev–Trinajstić information content (AvgIpc) is 3.06. The molecule has 2 aliphatic heterocycles. The van der Waals surface area contributed by atoms with Crippen LogP contribution in [0.5, 0.6) is 0 Å². The molecule has 0 spiro atoms. The molecule has 0 bridgehead atoms. The molecule has 1 amide bonds. The number of nitrogens with zero attached hydrogens (tertiary/aromatic N) is 3. The molecule has 3 heterocycles. The van der Waals surface area contributed by atoms with Crippen LogP contribution in [-0.2, 0) is 0 Å². The number of hydrogen-bond acceptors (Lipinski definition) is 8. The van der Waals surface area contributed by atoms with Crippen molar-refractivity contribution in [3.8, 4) is 0 Å². The largest absolute Gasteiger partial charge is 0.393 e. The smallest absolute Gasteiger partial charge is 0.255 e. The summed E-state index contributed by atoms with van der Waals surface area (Å²) in [7, 11) is 0. The third kappa shape index (κ3) is 5.59. The highest BCUT2D eigenvalue weighted by molar-refractivity contribution is 8.04. The lowest BCUT2D eigenvalue weighted by Crippen LogP contribution is -2.46. The molecule has 1 aromatic heterocycles. The number of aliphatic hydroxyl groups is 1. The van der Waals surface area contributed by atoms with E-state index in [1.54, 1.807) is 35.8 Å². The monoisotopic (exact) mass is 447 g/mol. The summed E-state index contributed by atoms with van der Waals surface area (Å²) in [6.07, 6.45) is 2.54. The molecule has 1 fully saturated rings. The van der Waals surface area contributed by atoms with E-state index in [4.69, 9.17) is 0 Å². The van der Waals surface area contributed by atoms with Crippen LogP contribution in [0.4, 0.5) is 5.82 Å². The number of carbonyl (C=O) groups excluding carboxylic acids is 1. The second kappa shape index (κ2) is 10.4. The summed E-state index contributed by atoms with van der Waals surface area (Å²) in [5.74, 6) is 1.30. The predicted octanol–water partition coefficient (Wildman–Crippen LogP) is 3.63. The second-order valence-electron chi connectivity index (χ2n) is 7.47. The fourth-order valence-electron chi connectivity index (χ4n) is 3.56. The van der Waals surface area contributed by atoms with Crippen LogP contribution in [0.15, 0.2) is 45.0 Å². The number of anilines is 1. The molecule has 0 aromatic carbocycles. The van der Waals surface area contributed by atoms with Gasteiger partial charge < -0.3 is 20.6 Å². The van der Waals surface area contributed by atoms with Crippen molar-refractivity contribution in [1.82, 2.24) is 15.2 Å². The van der Waals surface area contributed by atoms with E-state index in [0.29, 0.717) is 42.0 Å².